The topological polar surface area (TPSA) is 65.1 Å². The Morgan fingerprint density at radius 3 is 2.70 bits per heavy atom. The molecule has 3 aromatic rings. The summed E-state index contributed by atoms with van der Waals surface area (Å²) in [5.74, 6) is -0.107. The number of rotatable bonds is 6. The third kappa shape index (κ3) is 3.43. The zero-order valence-electron chi connectivity index (χ0n) is 12.8. The van der Waals surface area contributed by atoms with Crippen molar-refractivity contribution >= 4 is 16.8 Å². The van der Waals surface area contributed by atoms with Gasteiger partial charge in [-0.25, -0.2) is 0 Å². The summed E-state index contributed by atoms with van der Waals surface area (Å²) in [6, 6.07) is 17.4. The van der Waals surface area contributed by atoms with Crippen molar-refractivity contribution in [1.29, 1.82) is 0 Å². The van der Waals surface area contributed by atoms with Gasteiger partial charge in [0, 0.05) is 18.2 Å². The van der Waals surface area contributed by atoms with Crippen molar-refractivity contribution in [3.8, 4) is 0 Å². The minimum atomic E-state index is -0.110. The van der Waals surface area contributed by atoms with E-state index in [0.717, 1.165) is 16.5 Å². The monoisotopic (exact) mass is 308 g/mol. The fourth-order valence-corrected chi connectivity index (χ4v) is 2.81. The maximum Gasteiger partial charge on any atom is 0.253 e. The van der Waals surface area contributed by atoms with Crippen LogP contribution in [0.1, 0.15) is 34.8 Å². The molecule has 0 aliphatic carbocycles. The van der Waals surface area contributed by atoms with Crippen LogP contribution in [-0.4, -0.2) is 22.6 Å². The molecule has 1 aromatic heterocycles. The third-order valence-electron chi connectivity index (χ3n) is 3.99. The fourth-order valence-electron chi connectivity index (χ4n) is 2.81. The molecular weight excluding hydrogens is 288 g/mol. The summed E-state index contributed by atoms with van der Waals surface area (Å²) >= 11 is 0. The minimum absolute atomic E-state index is 0.107. The Morgan fingerprint density at radius 1 is 1.09 bits per heavy atom. The number of aliphatic hydroxyl groups excluding tert-OH is 1. The second-order valence-corrected chi connectivity index (χ2v) is 5.55. The van der Waals surface area contributed by atoms with Crippen LogP contribution < -0.4 is 5.32 Å². The highest BCUT2D eigenvalue weighted by Crippen LogP contribution is 2.21. The van der Waals surface area contributed by atoms with Crippen molar-refractivity contribution in [2.75, 3.05) is 6.61 Å². The maximum atomic E-state index is 12.7. The molecule has 1 heterocycles. The molecular formula is C19H20N2O2. The van der Waals surface area contributed by atoms with Crippen LogP contribution in [0.2, 0.25) is 0 Å². The smallest absolute Gasteiger partial charge is 0.253 e. The molecule has 0 aliphatic rings. The van der Waals surface area contributed by atoms with Gasteiger partial charge in [0.2, 0.25) is 0 Å². The number of hydrogen-bond acceptors (Lipinski definition) is 2. The Labute approximate surface area is 135 Å². The fraction of sp³-hybridized carbons (Fsp3) is 0.211. The number of amides is 1. The zero-order valence-corrected chi connectivity index (χ0v) is 12.8. The molecule has 23 heavy (non-hydrogen) atoms. The number of carbonyl (C=O) groups is 1. The largest absolute Gasteiger partial charge is 0.396 e. The molecule has 0 saturated carbocycles. The van der Waals surface area contributed by atoms with Crippen LogP contribution >= 0.6 is 0 Å². The van der Waals surface area contributed by atoms with Gasteiger partial charge in [-0.1, -0.05) is 42.5 Å². The van der Waals surface area contributed by atoms with E-state index in [-0.39, 0.29) is 18.6 Å². The molecule has 0 radical (unpaired) electrons. The molecule has 0 unspecified atom stereocenters. The van der Waals surface area contributed by atoms with Crippen molar-refractivity contribution in [2.24, 2.45) is 0 Å². The van der Waals surface area contributed by atoms with Crippen LogP contribution in [0.4, 0.5) is 0 Å². The van der Waals surface area contributed by atoms with E-state index in [1.807, 2.05) is 60.8 Å². The molecule has 3 N–H and O–H groups in total. The summed E-state index contributed by atoms with van der Waals surface area (Å²) in [7, 11) is 0. The van der Waals surface area contributed by atoms with E-state index < -0.39 is 0 Å². The van der Waals surface area contributed by atoms with Crippen molar-refractivity contribution in [3.05, 3.63) is 71.9 Å². The molecule has 0 saturated heterocycles. The molecule has 1 amide bonds. The van der Waals surface area contributed by atoms with Crippen LogP contribution in [0.3, 0.4) is 0 Å². The molecule has 4 nitrogen and oxygen atoms in total. The Balaban J connectivity index is 1.84. The Kier molecular flexibility index (Phi) is 4.74. The van der Waals surface area contributed by atoms with Crippen LogP contribution in [0, 0.1) is 0 Å². The summed E-state index contributed by atoms with van der Waals surface area (Å²) in [5, 5.41) is 13.2. The summed E-state index contributed by atoms with van der Waals surface area (Å²) in [4.78, 5) is 15.8. The number of benzene rings is 2. The first-order chi connectivity index (χ1) is 11.3. The molecule has 1 atom stereocenters. The molecule has 3 rings (SSSR count). The molecule has 0 bridgehead atoms. The van der Waals surface area contributed by atoms with E-state index >= 15 is 0 Å². The number of para-hydroxylation sites is 1. The van der Waals surface area contributed by atoms with Crippen molar-refractivity contribution < 1.29 is 9.90 Å². The van der Waals surface area contributed by atoms with E-state index in [0.29, 0.717) is 18.4 Å². The van der Waals surface area contributed by atoms with Gasteiger partial charge in [-0.05, 0) is 30.5 Å². The van der Waals surface area contributed by atoms with E-state index in [9.17, 15) is 4.79 Å². The highest BCUT2D eigenvalue weighted by atomic mass is 16.3. The van der Waals surface area contributed by atoms with Crippen LogP contribution in [0.25, 0.3) is 10.9 Å². The molecule has 4 heteroatoms. The first-order valence-electron chi connectivity index (χ1n) is 7.82. The molecule has 2 aromatic carbocycles. The lowest BCUT2D eigenvalue weighted by molar-refractivity contribution is 0.0934. The average Bonchev–Trinajstić information content (AvgIpc) is 3.07. The number of aliphatic hydroxyl groups is 1. The lowest BCUT2D eigenvalue weighted by atomic mass is 10.0. The number of aromatic amines is 1. The normalized spacial score (nSPS) is 12.2. The predicted octanol–water partition coefficient (Wildman–Crippen LogP) is 3.41. The van der Waals surface area contributed by atoms with Crippen LogP contribution in [0.5, 0.6) is 0 Å². The number of H-pyrrole nitrogens is 1. The van der Waals surface area contributed by atoms with E-state index in [4.69, 9.17) is 5.11 Å². The quantitative estimate of drug-likeness (QED) is 0.653. The van der Waals surface area contributed by atoms with E-state index in [1.54, 1.807) is 0 Å². The Hall–Kier alpha value is -2.59. The second-order valence-electron chi connectivity index (χ2n) is 5.55. The summed E-state index contributed by atoms with van der Waals surface area (Å²) in [5.41, 5.74) is 2.53. The highest BCUT2D eigenvalue weighted by molar-refractivity contribution is 6.05. The molecule has 0 fully saturated rings. The number of carbonyl (C=O) groups excluding carboxylic acids is 1. The van der Waals surface area contributed by atoms with E-state index in [2.05, 4.69) is 10.3 Å². The summed E-state index contributed by atoms with van der Waals surface area (Å²) in [6.07, 6.45) is 3.18. The Bertz CT molecular complexity index is 780. The summed E-state index contributed by atoms with van der Waals surface area (Å²) < 4.78 is 0. The van der Waals surface area contributed by atoms with Crippen molar-refractivity contribution in [1.82, 2.24) is 10.3 Å². The maximum absolute atomic E-state index is 12.7. The van der Waals surface area contributed by atoms with Crippen molar-refractivity contribution in [2.45, 2.75) is 18.9 Å². The first-order valence-corrected chi connectivity index (χ1v) is 7.82. The van der Waals surface area contributed by atoms with E-state index in [1.165, 1.54) is 0 Å². The number of aromatic nitrogens is 1. The van der Waals surface area contributed by atoms with Gasteiger partial charge >= 0.3 is 0 Å². The van der Waals surface area contributed by atoms with Gasteiger partial charge in [0.05, 0.1) is 17.1 Å². The lowest BCUT2D eigenvalue weighted by Crippen LogP contribution is -2.29. The van der Waals surface area contributed by atoms with Gasteiger partial charge in [0.15, 0.2) is 0 Å². The highest BCUT2D eigenvalue weighted by Gasteiger charge is 2.17. The summed E-state index contributed by atoms with van der Waals surface area (Å²) in [6.45, 7) is 0.116. The minimum Gasteiger partial charge on any atom is -0.396 e. The molecule has 118 valence electrons. The van der Waals surface area contributed by atoms with Crippen LogP contribution in [0.15, 0.2) is 60.8 Å². The van der Waals surface area contributed by atoms with Gasteiger partial charge in [0.1, 0.15) is 0 Å². The first kappa shape index (κ1) is 15.3. The molecule has 0 aliphatic heterocycles. The van der Waals surface area contributed by atoms with Gasteiger partial charge in [-0.2, -0.15) is 0 Å². The van der Waals surface area contributed by atoms with Gasteiger partial charge < -0.3 is 15.4 Å². The van der Waals surface area contributed by atoms with Gasteiger partial charge in [-0.3, -0.25) is 4.79 Å². The lowest BCUT2D eigenvalue weighted by Gasteiger charge is -2.19. The SMILES string of the molecule is O=C(N[C@@H](CCCO)c1ccccc1)c1cccc2cc[nH]c12. The predicted molar refractivity (Wildman–Crippen MR) is 91.3 cm³/mol. The zero-order chi connectivity index (χ0) is 16.1. The second kappa shape index (κ2) is 7.11. The standard InChI is InChI=1S/C19H20N2O2/c22-13-5-10-17(14-6-2-1-3-7-14)21-19(23)16-9-4-8-15-11-12-20-18(15)16/h1-4,6-9,11-12,17,20,22H,5,10,13H2,(H,21,23)/t17-/m0/s1. The number of nitrogens with one attached hydrogen (secondary N) is 2. The van der Waals surface area contributed by atoms with Crippen LogP contribution in [-0.2, 0) is 0 Å². The average molecular weight is 308 g/mol. The Morgan fingerprint density at radius 2 is 1.91 bits per heavy atom. The van der Waals surface area contributed by atoms with Crippen molar-refractivity contribution in [3.63, 3.8) is 0 Å². The molecule has 0 spiro atoms. The van der Waals surface area contributed by atoms with Gasteiger partial charge in [-0.15, -0.1) is 0 Å². The van der Waals surface area contributed by atoms with Gasteiger partial charge in [0.25, 0.3) is 5.91 Å². The third-order valence-corrected chi connectivity index (χ3v) is 3.99. The number of fused-ring (bicyclic) bond motifs is 1. The number of hydrogen-bond donors (Lipinski definition) is 3.